The van der Waals surface area contributed by atoms with Crippen LogP contribution in [0, 0.1) is 24.0 Å². The number of thiophene rings is 1. The lowest BCUT2D eigenvalue weighted by atomic mass is 10.3. The third-order valence-corrected chi connectivity index (χ3v) is 3.75. The van der Waals surface area contributed by atoms with Gasteiger partial charge in [0.05, 0.1) is 21.2 Å². The van der Waals surface area contributed by atoms with Crippen molar-refractivity contribution in [3.63, 3.8) is 0 Å². The van der Waals surface area contributed by atoms with E-state index in [9.17, 15) is 14.9 Å². The van der Waals surface area contributed by atoms with E-state index >= 15 is 0 Å². The lowest BCUT2D eigenvalue weighted by Crippen LogP contribution is -2.25. The first-order valence-electron chi connectivity index (χ1n) is 5.81. The van der Waals surface area contributed by atoms with Crippen LogP contribution in [0.3, 0.4) is 0 Å². The summed E-state index contributed by atoms with van der Waals surface area (Å²) in [6, 6.07) is 3.05. The maximum Gasteiger partial charge on any atom is 0.283 e. The van der Waals surface area contributed by atoms with Gasteiger partial charge in [-0.1, -0.05) is 5.16 Å². The Hall–Kier alpha value is -2.22. The van der Waals surface area contributed by atoms with Crippen LogP contribution in [0.2, 0.25) is 0 Å². The Morgan fingerprint density at radius 2 is 2.20 bits per heavy atom. The number of aryl methyl sites for hydroxylation is 2. The van der Waals surface area contributed by atoms with Gasteiger partial charge < -0.3 is 9.42 Å². The zero-order chi connectivity index (χ0) is 14.9. The smallest absolute Gasteiger partial charge is 0.283 e. The minimum atomic E-state index is -0.483. The zero-order valence-corrected chi connectivity index (χ0v) is 12.1. The Balaban J connectivity index is 2.14. The first-order chi connectivity index (χ1) is 9.38. The number of aromatic nitrogens is 1. The van der Waals surface area contributed by atoms with E-state index < -0.39 is 4.92 Å². The summed E-state index contributed by atoms with van der Waals surface area (Å²) in [4.78, 5) is 24.8. The number of carbonyl (C=O) groups is 1. The highest BCUT2D eigenvalue weighted by Gasteiger charge is 2.22. The maximum absolute atomic E-state index is 12.2. The quantitative estimate of drug-likeness (QED) is 0.638. The van der Waals surface area contributed by atoms with Crippen LogP contribution in [0.4, 0.5) is 5.69 Å². The zero-order valence-electron chi connectivity index (χ0n) is 11.2. The van der Waals surface area contributed by atoms with Crippen molar-refractivity contribution >= 4 is 22.9 Å². The fraction of sp³-hybridized carbons (Fsp3) is 0.333. The summed E-state index contributed by atoms with van der Waals surface area (Å²) in [6.45, 7) is 3.69. The SMILES string of the molecule is Cc1cc(CN(C)C(=O)c2cc([N+](=O)[O-])c(C)s2)no1. The summed E-state index contributed by atoms with van der Waals surface area (Å²) in [7, 11) is 1.62. The molecule has 2 aromatic heterocycles. The molecular weight excluding hydrogens is 282 g/mol. The van der Waals surface area contributed by atoms with Crippen LogP contribution in [-0.2, 0) is 6.54 Å². The van der Waals surface area contributed by atoms with E-state index in [0.29, 0.717) is 27.8 Å². The minimum absolute atomic E-state index is 0.0240. The third-order valence-electron chi connectivity index (χ3n) is 2.72. The number of carbonyl (C=O) groups excluding carboxylic acids is 1. The minimum Gasteiger partial charge on any atom is -0.361 e. The van der Waals surface area contributed by atoms with E-state index in [4.69, 9.17) is 4.52 Å². The van der Waals surface area contributed by atoms with E-state index in [2.05, 4.69) is 5.16 Å². The van der Waals surface area contributed by atoms with Crippen LogP contribution in [0.1, 0.15) is 26.0 Å². The lowest BCUT2D eigenvalue weighted by Gasteiger charge is -2.13. The van der Waals surface area contributed by atoms with Crippen molar-refractivity contribution in [2.45, 2.75) is 20.4 Å². The van der Waals surface area contributed by atoms with Gasteiger partial charge in [0.2, 0.25) is 0 Å². The molecule has 0 atom stereocenters. The molecule has 8 heteroatoms. The Morgan fingerprint density at radius 3 is 2.70 bits per heavy atom. The molecule has 0 unspecified atom stereocenters. The molecule has 0 N–H and O–H groups in total. The number of hydrogen-bond donors (Lipinski definition) is 0. The number of rotatable bonds is 4. The van der Waals surface area contributed by atoms with Gasteiger partial charge in [-0.05, 0) is 13.8 Å². The Labute approximate surface area is 118 Å². The molecule has 106 valence electrons. The van der Waals surface area contributed by atoms with Crippen molar-refractivity contribution in [3.05, 3.63) is 43.5 Å². The number of amides is 1. The molecule has 1 amide bonds. The second-order valence-electron chi connectivity index (χ2n) is 4.40. The van der Waals surface area contributed by atoms with Crippen molar-refractivity contribution in [1.29, 1.82) is 0 Å². The lowest BCUT2D eigenvalue weighted by molar-refractivity contribution is -0.385. The van der Waals surface area contributed by atoms with E-state index in [1.165, 1.54) is 11.0 Å². The molecule has 2 rings (SSSR count). The van der Waals surface area contributed by atoms with Gasteiger partial charge in [0, 0.05) is 19.2 Å². The molecule has 0 saturated heterocycles. The predicted molar refractivity (Wildman–Crippen MR) is 72.7 cm³/mol. The van der Waals surface area contributed by atoms with Crippen molar-refractivity contribution < 1.29 is 14.2 Å². The molecule has 0 aliphatic rings. The molecule has 0 aliphatic carbocycles. The van der Waals surface area contributed by atoms with Gasteiger partial charge in [0.1, 0.15) is 11.5 Å². The van der Waals surface area contributed by atoms with Gasteiger partial charge in [0.15, 0.2) is 0 Å². The monoisotopic (exact) mass is 295 g/mol. The van der Waals surface area contributed by atoms with Crippen molar-refractivity contribution in [2.75, 3.05) is 7.05 Å². The van der Waals surface area contributed by atoms with Gasteiger partial charge >= 0.3 is 0 Å². The molecule has 0 spiro atoms. The second kappa shape index (κ2) is 5.41. The average molecular weight is 295 g/mol. The number of nitrogens with zero attached hydrogens (tertiary/aromatic N) is 3. The fourth-order valence-corrected chi connectivity index (χ4v) is 2.74. The molecule has 0 radical (unpaired) electrons. The normalized spacial score (nSPS) is 10.6. The molecule has 0 saturated carbocycles. The Bertz CT molecular complexity index is 661. The van der Waals surface area contributed by atoms with Crippen LogP contribution in [0.5, 0.6) is 0 Å². The van der Waals surface area contributed by atoms with E-state index in [-0.39, 0.29) is 11.6 Å². The topological polar surface area (TPSA) is 89.5 Å². The maximum atomic E-state index is 12.2. The van der Waals surface area contributed by atoms with Gasteiger partial charge in [-0.3, -0.25) is 14.9 Å². The van der Waals surface area contributed by atoms with Crippen LogP contribution < -0.4 is 0 Å². The van der Waals surface area contributed by atoms with Crippen molar-refractivity contribution in [2.24, 2.45) is 0 Å². The fourth-order valence-electron chi connectivity index (χ4n) is 1.75. The molecule has 2 heterocycles. The molecule has 0 fully saturated rings. The Morgan fingerprint density at radius 1 is 1.50 bits per heavy atom. The third kappa shape index (κ3) is 2.85. The first-order valence-corrected chi connectivity index (χ1v) is 6.62. The van der Waals surface area contributed by atoms with Crippen LogP contribution in [-0.4, -0.2) is 27.9 Å². The highest BCUT2D eigenvalue weighted by molar-refractivity contribution is 7.14. The predicted octanol–water partition coefficient (Wildman–Crippen LogP) is 2.53. The molecule has 0 bridgehead atoms. The van der Waals surface area contributed by atoms with Crippen LogP contribution in [0.15, 0.2) is 16.7 Å². The van der Waals surface area contributed by atoms with E-state index in [1.807, 2.05) is 0 Å². The van der Waals surface area contributed by atoms with Gasteiger partial charge in [-0.15, -0.1) is 11.3 Å². The Kier molecular flexibility index (Phi) is 3.84. The summed E-state index contributed by atoms with van der Waals surface area (Å²) in [6.07, 6.45) is 0. The summed E-state index contributed by atoms with van der Waals surface area (Å²) in [5, 5.41) is 14.6. The molecular formula is C12H13N3O4S. The summed E-state index contributed by atoms with van der Waals surface area (Å²) in [5.41, 5.74) is 0.616. The van der Waals surface area contributed by atoms with Gasteiger partial charge in [-0.25, -0.2) is 0 Å². The largest absolute Gasteiger partial charge is 0.361 e. The number of hydrogen-bond acceptors (Lipinski definition) is 6. The highest BCUT2D eigenvalue weighted by Crippen LogP contribution is 2.28. The average Bonchev–Trinajstić information content (AvgIpc) is 2.94. The first kappa shape index (κ1) is 14.2. The van der Waals surface area contributed by atoms with Gasteiger partial charge in [-0.2, -0.15) is 0 Å². The second-order valence-corrected chi connectivity index (χ2v) is 5.66. The summed E-state index contributed by atoms with van der Waals surface area (Å²) < 4.78 is 4.93. The molecule has 20 heavy (non-hydrogen) atoms. The van der Waals surface area contributed by atoms with Crippen LogP contribution >= 0.6 is 11.3 Å². The molecule has 0 aliphatic heterocycles. The van der Waals surface area contributed by atoms with E-state index in [0.717, 1.165) is 11.3 Å². The van der Waals surface area contributed by atoms with Crippen molar-refractivity contribution in [1.82, 2.24) is 10.1 Å². The number of nitro groups is 1. The van der Waals surface area contributed by atoms with E-state index in [1.54, 1.807) is 27.0 Å². The molecule has 7 nitrogen and oxygen atoms in total. The van der Waals surface area contributed by atoms with Gasteiger partial charge in [0.25, 0.3) is 11.6 Å². The highest BCUT2D eigenvalue weighted by atomic mass is 32.1. The molecule has 2 aromatic rings. The van der Waals surface area contributed by atoms with Crippen LogP contribution in [0.25, 0.3) is 0 Å². The summed E-state index contributed by atoms with van der Waals surface area (Å²) >= 11 is 1.12. The molecule has 0 aromatic carbocycles. The standard InChI is InChI=1S/C12H13N3O4S/c1-7-4-9(13-19-7)6-14(3)12(16)11-5-10(15(17)18)8(2)20-11/h4-5H,6H2,1-3H3. The summed E-state index contributed by atoms with van der Waals surface area (Å²) in [5.74, 6) is 0.398. The van der Waals surface area contributed by atoms with Crippen molar-refractivity contribution in [3.8, 4) is 0 Å².